The number of nitrogens with zero attached hydrogens (tertiary/aromatic N) is 1. The van der Waals surface area contributed by atoms with E-state index in [2.05, 4.69) is 24.1 Å². The summed E-state index contributed by atoms with van der Waals surface area (Å²) in [5.41, 5.74) is 2.12. The van der Waals surface area contributed by atoms with Gasteiger partial charge in [0, 0.05) is 17.5 Å². The first-order valence-corrected chi connectivity index (χ1v) is 6.46. The lowest BCUT2D eigenvalue weighted by molar-refractivity contribution is -0.105. The van der Waals surface area contributed by atoms with Crippen molar-refractivity contribution < 1.29 is 9.59 Å². The summed E-state index contributed by atoms with van der Waals surface area (Å²) in [7, 11) is 0. The Hall–Kier alpha value is -1.97. The number of aldehydes is 1. The minimum Gasteiger partial charge on any atom is -0.324 e. The van der Waals surface area contributed by atoms with Gasteiger partial charge in [-0.15, -0.1) is 0 Å². The summed E-state index contributed by atoms with van der Waals surface area (Å²) in [6.07, 6.45) is 3.26. The zero-order valence-corrected chi connectivity index (χ0v) is 11.0. The number of allylic oxidation sites excluding steroid dienone is 2. The van der Waals surface area contributed by atoms with Crippen molar-refractivity contribution in [1.82, 2.24) is 10.3 Å². The van der Waals surface area contributed by atoms with E-state index >= 15 is 0 Å². The number of fused-ring (bicyclic) bond motifs is 1. The van der Waals surface area contributed by atoms with Crippen LogP contribution in [0.1, 0.15) is 30.8 Å². The van der Waals surface area contributed by atoms with E-state index in [0.717, 1.165) is 24.0 Å². The molecule has 0 aliphatic heterocycles. The zero-order valence-electron chi connectivity index (χ0n) is 11.0. The molecular weight excluding hydrogens is 240 g/mol. The molecular formula is C15H16N2O2. The second-order valence-corrected chi connectivity index (χ2v) is 5.83. The second kappa shape index (κ2) is 4.02. The average Bonchev–Trinajstić information content (AvgIpc) is 2.78. The molecule has 4 nitrogen and oxygen atoms in total. The van der Waals surface area contributed by atoms with Gasteiger partial charge in [-0.2, -0.15) is 0 Å². The fourth-order valence-electron chi connectivity index (χ4n) is 3.23. The van der Waals surface area contributed by atoms with Gasteiger partial charge in [-0.25, -0.2) is 0 Å². The first-order valence-electron chi connectivity index (χ1n) is 6.46. The summed E-state index contributed by atoms with van der Waals surface area (Å²) < 4.78 is 0. The number of hydrogen-bond donors (Lipinski definition) is 1. The highest BCUT2D eigenvalue weighted by Gasteiger charge is 2.63. The number of rotatable bonds is 3. The van der Waals surface area contributed by atoms with E-state index in [1.54, 1.807) is 24.4 Å². The molecule has 0 saturated heterocycles. The first-order chi connectivity index (χ1) is 9.05. The number of carbonyl (C=O) groups is 2. The van der Waals surface area contributed by atoms with Gasteiger partial charge < -0.3 is 5.32 Å². The predicted octanol–water partition coefficient (Wildman–Crippen LogP) is 1.94. The van der Waals surface area contributed by atoms with Gasteiger partial charge in [-0.3, -0.25) is 14.6 Å². The molecule has 2 atom stereocenters. The van der Waals surface area contributed by atoms with Crippen molar-refractivity contribution >= 4 is 12.2 Å². The Morgan fingerprint density at radius 2 is 2.26 bits per heavy atom. The molecule has 1 fully saturated rings. The molecule has 0 aromatic carbocycles. The van der Waals surface area contributed by atoms with E-state index in [0.29, 0.717) is 17.5 Å². The predicted molar refractivity (Wildman–Crippen MR) is 70.2 cm³/mol. The van der Waals surface area contributed by atoms with Crippen LogP contribution in [-0.2, 0) is 4.79 Å². The van der Waals surface area contributed by atoms with E-state index in [1.165, 1.54) is 0 Å². The monoisotopic (exact) mass is 256 g/mol. The minimum absolute atomic E-state index is 0.204. The summed E-state index contributed by atoms with van der Waals surface area (Å²) in [5, 5.41) is 2.84. The molecule has 4 heteroatoms. The average molecular weight is 256 g/mol. The molecule has 2 unspecified atom stereocenters. The highest BCUT2D eigenvalue weighted by atomic mass is 16.2. The van der Waals surface area contributed by atoms with E-state index in [1.807, 2.05) is 0 Å². The maximum absolute atomic E-state index is 12.0. The third-order valence-electron chi connectivity index (χ3n) is 4.45. The van der Waals surface area contributed by atoms with Gasteiger partial charge in [-0.1, -0.05) is 19.9 Å². The van der Waals surface area contributed by atoms with Crippen LogP contribution in [0.5, 0.6) is 0 Å². The van der Waals surface area contributed by atoms with Gasteiger partial charge in [0.15, 0.2) is 0 Å². The summed E-state index contributed by atoms with van der Waals surface area (Å²) >= 11 is 0. The van der Waals surface area contributed by atoms with E-state index in [4.69, 9.17) is 0 Å². The van der Waals surface area contributed by atoms with Gasteiger partial charge in [0.25, 0.3) is 5.91 Å². The molecule has 2 aliphatic carbocycles. The van der Waals surface area contributed by atoms with Gasteiger partial charge in [0.2, 0.25) is 0 Å². The Bertz CT molecular complexity index is 575. The third-order valence-corrected chi connectivity index (χ3v) is 4.45. The molecule has 3 rings (SSSR count). The summed E-state index contributed by atoms with van der Waals surface area (Å²) in [5.74, 6) is 0.560. The van der Waals surface area contributed by atoms with Crippen LogP contribution in [-0.4, -0.2) is 17.2 Å². The van der Waals surface area contributed by atoms with E-state index < -0.39 is 0 Å². The van der Waals surface area contributed by atoms with Crippen molar-refractivity contribution in [1.29, 1.82) is 0 Å². The molecule has 0 spiro atoms. The number of carbonyl (C=O) groups excluding carboxylic acids is 2. The SMILES string of the molecule is CC1(C)C2CC(NC(=O)c3ccccn3)=C(C=O)C21. The Balaban J connectivity index is 1.80. The molecule has 19 heavy (non-hydrogen) atoms. The smallest absolute Gasteiger partial charge is 0.274 e. The standard InChI is InChI=1S/C15H16N2O2/c1-15(2)10-7-12(9(8-18)13(10)15)17-14(19)11-5-3-4-6-16-11/h3-6,8,10,13H,7H2,1-2H3,(H,17,19). The lowest BCUT2D eigenvalue weighted by atomic mass is 9.99. The van der Waals surface area contributed by atoms with Gasteiger partial charge in [0.1, 0.15) is 12.0 Å². The molecule has 1 saturated carbocycles. The van der Waals surface area contributed by atoms with Crippen LogP contribution >= 0.6 is 0 Å². The normalized spacial score (nSPS) is 26.8. The molecule has 1 heterocycles. The van der Waals surface area contributed by atoms with Crippen molar-refractivity contribution in [3.8, 4) is 0 Å². The van der Waals surface area contributed by atoms with Crippen LogP contribution in [0.3, 0.4) is 0 Å². The minimum atomic E-state index is -0.242. The Morgan fingerprint density at radius 3 is 2.89 bits per heavy atom. The summed E-state index contributed by atoms with van der Waals surface area (Å²) in [6, 6.07) is 5.20. The lowest BCUT2D eigenvalue weighted by Crippen LogP contribution is -2.25. The van der Waals surface area contributed by atoms with E-state index in [-0.39, 0.29) is 11.3 Å². The molecule has 1 N–H and O–H groups in total. The maximum atomic E-state index is 12.0. The van der Waals surface area contributed by atoms with Crippen LogP contribution in [0.4, 0.5) is 0 Å². The van der Waals surface area contributed by atoms with Gasteiger partial charge in [-0.05, 0) is 35.8 Å². The molecule has 0 radical (unpaired) electrons. The highest BCUT2D eigenvalue weighted by Crippen LogP contribution is 2.67. The first kappa shape index (κ1) is 12.1. The number of hydrogen-bond acceptors (Lipinski definition) is 3. The number of amides is 1. The topological polar surface area (TPSA) is 59.1 Å². The van der Waals surface area contributed by atoms with Crippen LogP contribution in [0, 0.1) is 17.3 Å². The van der Waals surface area contributed by atoms with Crippen molar-refractivity contribution in [2.75, 3.05) is 0 Å². The molecule has 1 aromatic rings. The molecule has 0 bridgehead atoms. The van der Waals surface area contributed by atoms with E-state index in [9.17, 15) is 9.59 Å². The fourth-order valence-corrected chi connectivity index (χ4v) is 3.23. The molecule has 1 amide bonds. The lowest BCUT2D eigenvalue weighted by Gasteiger charge is -2.13. The van der Waals surface area contributed by atoms with Crippen LogP contribution in [0.2, 0.25) is 0 Å². The third kappa shape index (κ3) is 1.79. The van der Waals surface area contributed by atoms with Crippen molar-refractivity contribution in [3.63, 3.8) is 0 Å². The van der Waals surface area contributed by atoms with Gasteiger partial charge in [0.05, 0.1) is 0 Å². The Kier molecular flexibility index (Phi) is 2.55. The Labute approximate surface area is 111 Å². The molecule has 1 aromatic heterocycles. The van der Waals surface area contributed by atoms with Crippen LogP contribution in [0.15, 0.2) is 35.7 Å². The largest absolute Gasteiger partial charge is 0.324 e. The van der Waals surface area contributed by atoms with Gasteiger partial charge >= 0.3 is 0 Å². The van der Waals surface area contributed by atoms with Crippen LogP contribution < -0.4 is 5.32 Å². The summed E-state index contributed by atoms with van der Waals surface area (Å²) in [4.78, 5) is 27.3. The quantitative estimate of drug-likeness (QED) is 0.841. The number of nitrogens with one attached hydrogen (secondary N) is 1. The zero-order chi connectivity index (χ0) is 13.6. The maximum Gasteiger partial charge on any atom is 0.274 e. The van der Waals surface area contributed by atoms with Crippen LogP contribution in [0.25, 0.3) is 0 Å². The fraction of sp³-hybridized carbons (Fsp3) is 0.400. The van der Waals surface area contributed by atoms with Crippen molar-refractivity contribution in [3.05, 3.63) is 41.4 Å². The number of aromatic nitrogens is 1. The highest BCUT2D eigenvalue weighted by molar-refractivity contribution is 5.94. The second-order valence-electron chi connectivity index (χ2n) is 5.83. The van der Waals surface area contributed by atoms with Crippen molar-refractivity contribution in [2.24, 2.45) is 17.3 Å². The summed E-state index contributed by atoms with van der Waals surface area (Å²) in [6.45, 7) is 4.34. The molecule has 2 aliphatic rings. The Morgan fingerprint density at radius 1 is 1.47 bits per heavy atom. The molecule has 98 valence electrons. The van der Waals surface area contributed by atoms with Crippen molar-refractivity contribution in [2.45, 2.75) is 20.3 Å². The number of pyridine rings is 1.